The number of rotatable bonds is 8. The zero-order valence-corrected chi connectivity index (χ0v) is 38.9. The molecule has 4 aromatic heterocycles. The minimum Gasteiger partial charge on any atom is -0.458 e. The van der Waals surface area contributed by atoms with E-state index in [1.807, 2.05) is 121 Å². The predicted molar refractivity (Wildman–Crippen MR) is 272 cm³/mol. The van der Waals surface area contributed by atoms with Crippen LogP contribution in [0.2, 0.25) is 0 Å². The highest BCUT2D eigenvalue weighted by molar-refractivity contribution is 6.09. The number of imidazole rings is 1. The Bertz CT molecular complexity index is 3770. The molecule has 0 aliphatic heterocycles. The molecule has 6 nitrogen and oxygen atoms in total. The molecule has 0 unspecified atom stereocenters. The van der Waals surface area contributed by atoms with Gasteiger partial charge in [0.1, 0.15) is 17.3 Å². The maximum absolute atomic E-state index is 9.20. The Morgan fingerprint density at radius 3 is 1.95 bits per heavy atom. The molecule has 0 amide bonds. The summed E-state index contributed by atoms with van der Waals surface area (Å²) in [6.45, 7) is 18.8. The normalized spacial score (nSPS) is 14.1. The third-order valence-corrected chi connectivity index (χ3v) is 11.9. The van der Waals surface area contributed by atoms with Gasteiger partial charge in [-0.15, -0.1) is 0 Å². The van der Waals surface area contributed by atoms with E-state index in [1.54, 1.807) is 24.5 Å². The van der Waals surface area contributed by atoms with Gasteiger partial charge in [-0.1, -0.05) is 171 Å². The molecular weight excluding hydrogens is 807 g/mol. The van der Waals surface area contributed by atoms with Crippen LogP contribution in [-0.2, 0) is 17.2 Å². The fourth-order valence-corrected chi connectivity index (χ4v) is 8.68. The number of para-hydroxylation sites is 4. The van der Waals surface area contributed by atoms with Gasteiger partial charge in [0, 0.05) is 38.0 Å². The second-order valence-electron chi connectivity index (χ2n) is 20.0. The molecule has 10 rings (SSSR count). The van der Waals surface area contributed by atoms with Crippen LogP contribution in [0.3, 0.4) is 0 Å². The molecule has 0 atom stereocenters. The molecule has 66 heavy (non-hydrogen) atoms. The first-order valence-corrected chi connectivity index (χ1v) is 22.4. The van der Waals surface area contributed by atoms with Crippen LogP contribution in [0.15, 0.2) is 170 Å². The van der Waals surface area contributed by atoms with E-state index in [0.29, 0.717) is 39.9 Å². The summed E-state index contributed by atoms with van der Waals surface area (Å²) in [7, 11) is 0. The van der Waals surface area contributed by atoms with Gasteiger partial charge in [0.15, 0.2) is 5.82 Å². The van der Waals surface area contributed by atoms with E-state index in [0.717, 1.165) is 55.1 Å². The highest BCUT2D eigenvalue weighted by atomic mass is 16.5. The topological polar surface area (TPSA) is 48.8 Å². The van der Waals surface area contributed by atoms with E-state index < -0.39 is 29.9 Å². The van der Waals surface area contributed by atoms with Gasteiger partial charge in [0.05, 0.1) is 34.6 Å². The molecule has 0 N–H and O–H groups in total. The van der Waals surface area contributed by atoms with Crippen molar-refractivity contribution in [3.05, 3.63) is 193 Å². The average Bonchev–Trinajstić information content (AvgIpc) is 3.90. The van der Waals surface area contributed by atoms with Crippen molar-refractivity contribution in [3.63, 3.8) is 0 Å². The largest absolute Gasteiger partial charge is 0.458 e. The van der Waals surface area contributed by atoms with Gasteiger partial charge in [-0.2, -0.15) is 0 Å². The van der Waals surface area contributed by atoms with Crippen LogP contribution >= 0.6 is 0 Å². The van der Waals surface area contributed by atoms with Crippen molar-refractivity contribution in [2.45, 2.75) is 79.5 Å². The first-order valence-electron chi connectivity index (χ1n) is 25.9. The lowest BCUT2D eigenvalue weighted by atomic mass is 9.78. The number of ether oxygens (including phenoxy) is 1. The highest BCUT2D eigenvalue weighted by Crippen LogP contribution is 2.40. The zero-order chi connectivity index (χ0) is 52.1. The molecule has 6 aromatic carbocycles. The molecule has 0 radical (unpaired) electrons. The Morgan fingerprint density at radius 2 is 1.23 bits per heavy atom. The summed E-state index contributed by atoms with van der Waals surface area (Å²) in [6, 6.07) is 39.6. The van der Waals surface area contributed by atoms with Crippen LogP contribution in [0, 0.1) is 11.7 Å². The van der Waals surface area contributed by atoms with Gasteiger partial charge in [-0.05, 0) is 98.0 Å². The molecule has 0 fully saturated rings. The van der Waals surface area contributed by atoms with Crippen molar-refractivity contribution in [2.75, 3.05) is 0 Å². The lowest BCUT2D eigenvalue weighted by Gasteiger charge is -2.27. The number of benzene rings is 6. The maximum Gasteiger partial charge on any atom is 0.271 e. The summed E-state index contributed by atoms with van der Waals surface area (Å²) in [4.78, 5) is 9.62. The van der Waals surface area contributed by atoms with Crippen molar-refractivity contribution < 1.29 is 18.9 Å². The summed E-state index contributed by atoms with van der Waals surface area (Å²) < 4.78 is 74.9. The van der Waals surface area contributed by atoms with E-state index in [4.69, 9.17) is 21.6 Å². The van der Waals surface area contributed by atoms with Gasteiger partial charge in [0.25, 0.3) is 6.33 Å². The smallest absolute Gasteiger partial charge is 0.271 e. The third kappa shape index (κ3) is 8.17. The van der Waals surface area contributed by atoms with Crippen LogP contribution < -0.4 is 9.30 Å². The average molecular weight is 871 g/mol. The number of pyridine rings is 2. The standard InChI is InChI=1S/C60H57N5O/c1-58(2,3)38-40-28-30-62-56(32-40)65-51-23-14-13-20-49(51)50-27-26-45(36-54(50)65)66-46-29-31-61-55(37-46)63-39-64(53-25-16-15-24-52(53)63)57-47(41-18-11-10-12-19-41)21-17-22-48(57)42-33-43(59(4,5)6)35-44(34-42)60(7,8)9/h10-37H,38H2,1-9H3/i10D,11D,12D,18D,19D,38D2. The molecule has 328 valence electrons. The van der Waals surface area contributed by atoms with Crippen LogP contribution in [0.5, 0.6) is 11.5 Å². The van der Waals surface area contributed by atoms with Crippen LogP contribution in [0.4, 0.5) is 0 Å². The van der Waals surface area contributed by atoms with Crippen molar-refractivity contribution in [1.82, 2.24) is 19.1 Å². The van der Waals surface area contributed by atoms with Crippen molar-refractivity contribution in [3.8, 4) is 51.1 Å². The molecule has 0 saturated heterocycles. The van der Waals surface area contributed by atoms with E-state index in [-0.39, 0.29) is 28.5 Å². The SMILES string of the molecule is [2H]c1c([2H])c([2H])c(-c2cccc(-c3cc(C(C)(C)C)cc(C(C)(C)C)c3)c2-[n+]2[c-]n(-c3cc(Oc4ccc5c6ccccc6n(-c6cc(C([2H])([2H])C(C)(C)C)ccn6)c5c4)ccn3)c3ccccc32)c([2H])c1[2H]. The molecular formula is C60H57N5O. The molecule has 0 aliphatic rings. The van der Waals surface area contributed by atoms with E-state index in [1.165, 1.54) is 0 Å². The predicted octanol–water partition coefficient (Wildman–Crippen LogP) is 14.9. The van der Waals surface area contributed by atoms with E-state index >= 15 is 0 Å². The maximum atomic E-state index is 9.20. The van der Waals surface area contributed by atoms with E-state index in [2.05, 4.69) is 76.7 Å². The fourth-order valence-electron chi connectivity index (χ4n) is 8.68. The lowest BCUT2D eigenvalue weighted by molar-refractivity contribution is -0.571. The Hall–Kier alpha value is -7.31. The Morgan fingerprint density at radius 1 is 0.591 bits per heavy atom. The summed E-state index contributed by atoms with van der Waals surface area (Å²) >= 11 is 0. The van der Waals surface area contributed by atoms with E-state index in [9.17, 15) is 2.74 Å². The van der Waals surface area contributed by atoms with Gasteiger partial charge in [-0.3, -0.25) is 18.7 Å². The monoisotopic (exact) mass is 871 g/mol. The van der Waals surface area contributed by atoms with Gasteiger partial charge < -0.3 is 4.74 Å². The second-order valence-corrected chi connectivity index (χ2v) is 20.0. The number of hydrogen-bond donors (Lipinski definition) is 0. The Balaban J connectivity index is 1.14. The summed E-state index contributed by atoms with van der Waals surface area (Å²) in [6.07, 6.45) is 5.35. The van der Waals surface area contributed by atoms with Crippen molar-refractivity contribution in [1.29, 1.82) is 0 Å². The molecule has 10 aromatic rings. The number of aromatic nitrogens is 5. The molecule has 4 heterocycles. The zero-order valence-electron chi connectivity index (χ0n) is 45.9. The second kappa shape index (κ2) is 16.3. The van der Waals surface area contributed by atoms with Crippen molar-refractivity contribution in [2.24, 2.45) is 5.41 Å². The van der Waals surface area contributed by atoms with Gasteiger partial charge in [0.2, 0.25) is 0 Å². The number of hydrogen-bond acceptors (Lipinski definition) is 3. The van der Waals surface area contributed by atoms with Crippen molar-refractivity contribution >= 4 is 32.8 Å². The summed E-state index contributed by atoms with van der Waals surface area (Å²) in [5.41, 5.74) is 7.86. The van der Waals surface area contributed by atoms with Crippen LogP contribution in [-0.4, -0.2) is 19.1 Å². The number of nitrogens with zero attached hydrogens (tertiary/aromatic N) is 5. The molecule has 0 bridgehead atoms. The minimum absolute atomic E-state index is 0.0856. The number of fused-ring (bicyclic) bond motifs is 4. The first-order chi connectivity index (χ1) is 34.4. The molecule has 6 heteroatoms. The first kappa shape index (κ1) is 35.0. The highest BCUT2D eigenvalue weighted by Gasteiger charge is 2.25. The fraction of sp³-hybridized carbons (Fsp3) is 0.217. The van der Waals surface area contributed by atoms with Gasteiger partial charge in [-0.25, -0.2) is 4.98 Å². The minimum atomic E-state index is -1.62. The molecule has 0 aliphatic carbocycles. The summed E-state index contributed by atoms with van der Waals surface area (Å²) in [5.74, 6) is 2.17. The third-order valence-electron chi connectivity index (χ3n) is 11.9. The quantitative estimate of drug-likeness (QED) is 0.113. The summed E-state index contributed by atoms with van der Waals surface area (Å²) in [5, 5.41) is 2.02. The molecule has 0 saturated carbocycles. The van der Waals surface area contributed by atoms with Crippen LogP contribution in [0.25, 0.3) is 72.4 Å². The Labute approximate surface area is 398 Å². The lowest BCUT2D eigenvalue weighted by Crippen LogP contribution is -2.31. The van der Waals surface area contributed by atoms with Crippen LogP contribution in [0.1, 0.15) is 88.6 Å². The van der Waals surface area contributed by atoms with Gasteiger partial charge >= 0.3 is 0 Å². The molecule has 0 spiro atoms. The Kier molecular flexibility index (Phi) is 8.64.